The van der Waals surface area contributed by atoms with Crippen molar-refractivity contribution >= 4 is 17.4 Å². The molecular weight excluding hydrogens is 414 g/mol. The average molecular weight is 452 g/mol. The topological polar surface area (TPSA) is 123 Å². The minimum atomic E-state index is -0.619. The van der Waals surface area contributed by atoms with E-state index in [0.717, 1.165) is 38.8 Å². The molecule has 180 valence electrons. The number of carbonyl (C=O) groups is 1. The monoisotopic (exact) mass is 451 g/mol. The van der Waals surface area contributed by atoms with Gasteiger partial charge in [0.1, 0.15) is 5.82 Å². The Hall–Kier alpha value is -2.17. The largest absolute Gasteiger partial charge is 0.383 e. The second kappa shape index (κ2) is 11.1. The Morgan fingerprint density at radius 3 is 2.47 bits per heavy atom. The highest BCUT2D eigenvalue weighted by Crippen LogP contribution is 2.26. The molecule has 1 aromatic heterocycles. The number of nitrogens with zero attached hydrogens (tertiary/aromatic N) is 3. The first-order valence-corrected chi connectivity index (χ1v) is 11.7. The molecule has 2 saturated heterocycles. The minimum absolute atomic E-state index is 0.0474. The second-order valence-electron chi connectivity index (χ2n) is 9.12. The van der Waals surface area contributed by atoms with Gasteiger partial charge in [-0.25, -0.2) is 4.79 Å². The molecule has 32 heavy (non-hydrogen) atoms. The van der Waals surface area contributed by atoms with Gasteiger partial charge in [0.05, 0.1) is 19.8 Å². The van der Waals surface area contributed by atoms with Crippen molar-refractivity contribution in [3.05, 3.63) is 20.8 Å². The minimum Gasteiger partial charge on any atom is -0.383 e. The summed E-state index contributed by atoms with van der Waals surface area (Å²) in [5, 5.41) is 0. The molecule has 1 amide bonds. The van der Waals surface area contributed by atoms with Crippen LogP contribution in [0.4, 0.5) is 11.5 Å². The van der Waals surface area contributed by atoms with Crippen LogP contribution in [0.5, 0.6) is 0 Å². The van der Waals surface area contributed by atoms with Crippen LogP contribution >= 0.6 is 0 Å². The van der Waals surface area contributed by atoms with Crippen LogP contribution in [0.1, 0.15) is 46.5 Å². The summed E-state index contributed by atoms with van der Waals surface area (Å²) in [4.78, 5) is 44.2. The van der Waals surface area contributed by atoms with E-state index in [0.29, 0.717) is 32.2 Å². The standard InChI is InChI=1S/C22H37N5O5/c1-4-5-8-26(18-19(23)27(13-15(2)3)22(30)24-20(18)29)17(28)14-25-9-6-16(7-10-25)21-31-11-12-32-21/h15-16,21H,4-14,23H2,1-3H3,(H,24,29,30). The number of piperidine rings is 1. The molecule has 0 unspecified atom stereocenters. The number of H-pyrrole nitrogens is 1. The maximum atomic E-state index is 13.3. The van der Waals surface area contributed by atoms with Crippen molar-refractivity contribution in [3.8, 4) is 0 Å². The Labute approximate surface area is 188 Å². The summed E-state index contributed by atoms with van der Waals surface area (Å²) in [7, 11) is 0. The zero-order chi connectivity index (χ0) is 23.3. The van der Waals surface area contributed by atoms with E-state index in [1.807, 2.05) is 20.8 Å². The maximum absolute atomic E-state index is 13.3. The molecule has 2 aliphatic heterocycles. The summed E-state index contributed by atoms with van der Waals surface area (Å²) in [6.45, 7) is 9.70. The van der Waals surface area contributed by atoms with Gasteiger partial charge in [-0.3, -0.25) is 24.0 Å². The van der Waals surface area contributed by atoms with Gasteiger partial charge in [-0.2, -0.15) is 0 Å². The number of aromatic amines is 1. The molecule has 2 fully saturated rings. The Bertz CT molecular complexity index is 882. The van der Waals surface area contributed by atoms with Crippen LogP contribution in [0, 0.1) is 11.8 Å². The van der Waals surface area contributed by atoms with E-state index >= 15 is 0 Å². The zero-order valence-electron chi connectivity index (χ0n) is 19.5. The van der Waals surface area contributed by atoms with Gasteiger partial charge in [0.2, 0.25) is 5.91 Å². The summed E-state index contributed by atoms with van der Waals surface area (Å²) < 4.78 is 12.6. The first kappa shape index (κ1) is 24.5. The van der Waals surface area contributed by atoms with Gasteiger partial charge in [-0.15, -0.1) is 0 Å². The predicted octanol–water partition coefficient (Wildman–Crippen LogP) is 0.993. The summed E-state index contributed by atoms with van der Waals surface area (Å²) in [6, 6.07) is 0. The van der Waals surface area contributed by atoms with Gasteiger partial charge >= 0.3 is 5.69 Å². The van der Waals surface area contributed by atoms with Gasteiger partial charge in [-0.05, 0) is 38.3 Å². The number of nitrogens with one attached hydrogen (secondary N) is 1. The molecule has 3 rings (SSSR count). The van der Waals surface area contributed by atoms with Gasteiger partial charge in [0.15, 0.2) is 12.0 Å². The first-order valence-electron chi connectivity index (χ1n) is 11.7. The zero-order valence-corrected chi connectivity index (χ0v) is 19.5. The Balaban J connectivity index is 1.75. The lowest BCUT2D eigenvalue weighted by Crippen LogP contribution is -2.47. The number of nitrogen functional groups attached to an aromatic ring is 1. The number of rotatable bonds is 9. The quantitative estimate of drug-likeness (QED) is 0.574. The smallest absolute Gasteiger partial charge is 0.330 e. The molecule has 0 radical (unpaired) electrons. The van der Waals surface area contributed by atoms with Crippen molar-refractivity contribution in [1.82, 2.24) is 14.5 Å². The summed E-state index contributed by atoms with van der Waals surface area (Å²) in [6.07, 6.45) is 3.25. The molecule has 3 N–H and O–H groups in total. The molecule has 0 aromatic carbocycles. The maximum Gasteiger partial charge on any atom is 0.330 e. The number of hydrogen-bond acceptors (Lipinski definition) is 7. The molecule has 0 bridgehead atoms. The third-order valence-electron chi connectivity index (χ3n) is 6.09. The third kappa shape index (κ3) is 5.79. The van der Waals surface area contributed by atoms with Gasteiger partial charge in [-0.1, -0.05) is 27.2 Å². The van der Waals surface area contributed by atoms with Gasteiger partial charge in [0, 0.05) is 19.0 Å². The van der Waals surface area contributed by atoms with Gasteiger partial charge < -0.3 is 20.1 Å². The van der Waals surface area contributed by atoms with Crippen LogP contribution in [-0.2, 0) is 20.8 Å². The summed E-state index contributed by atoms with van der Waals surface area (Å²) in [5.41, 5.74) is 5.18. The molecule has 10 heteroatoms. The molecule has 0 spiro atoms. The molecule has 1 aromatic rings. The molecule has 2 aliphatic rings. The van der Waals surface area contributed by atoms with Crippen molar-refractivity contribution in [1.29, 1.82) is 0 Å². The number of ether oxygens (including phenoxy) is 2. The molecule has 3 heterocycles. The number of aromatic nitrogens is 2. The van der Waals surface area contributed by atoms with Crippen LogP contribution in [0.15, 0.2) is 9.59 Å². The highest BCUT2D eigenvalue weighted by molar-refractivity contribution is 5.96. The highest BCUT2D eigenvalue weighted by Gasteiger charge is 2.32. The predicted molar refractivity (Wildman–Crippen MR) is 123 cm³/mol. The number of amides is 1. The Morgan fingerprint density at radius 2 is 1.88 bits per heavy atom. The number of nitrogens with two attached hydrogens (primary N) is 1. The SMILES string of the molecule is CCCCN(C(=O)CN1CCC(C2OCCO2)CC1)c1c(N)n(CC(C)C)c(=O)[nH]c1=O. The molecule has 0 atom stereocenters. The molecule has 10 nitrogen and oxygen atoms in total. The van der Waals surface area contributed by atoms with E-state index in [-0.39, 0.29) is 36.2 Å². The normalized spacial score (nSPS) is 18.5. The van der Waals surface area contributed by atoms with Crippen LogP contribution in [-0.4, -0.2) is 66.0 Å². The van der Waals surface area contributed by atoms with Crippen molar-refractivity contribution in [2.24, 2.45) is 11.8 Å². The van der Waals surface area contributed by atoms with Crippen LogP contribution in [0.25, 0.3) is 0 Å². The van der Waals surface area contributed by atoms with E-state index in [9.17, 15) is 14.4 Å². The van der Waals surface area contributed by atoms with Crippen LogP contribution in [0.2, 0.25) is 0 Å². The highest BCUT2D eigenvalue weighted by atomic mass is 16.7. The number of hydrogen-bond donors (Lipinski definition) is 2. The third-order valence-corrected chi connectivity index (χ3v) is 6.09. The number of anilines is 2. The number of carbonyl (C=O) groups excluding carboxylic acids is 1. The molecular formula is C22H37N5O5. The molecule has 0 aliphatic carbocycles. The number of unbranched alkanes of at least 4 members (excludes halogenated alkanes) is 1. The lowest BCUT2D eigenvalue weighted by atomic mass is 9.96. The lowest BCUT2D eigenvalue weighted by molar-refractivity contribution is -0.121. The Kier molecular flexibility index (Phi) is 8.50. The van der Waals surface area contributed by atoms with E-state index in [1.165, 1.54) is 9.47 Å². The van der Waals surface area contributed by atoms with E-state index in [2.05, 4.69) is 9.88 Å². The first-order chi connectivity index (χ1) is 15.3. The number of likely N-dealkylation sites (tertiary alicyclic amines) is 1. The summed E-state index contributed by atoms with van der Waals surface area (Å²) >= 11 is 0. The van der Waals surface area contributed by atoms with Crippen molar-refractivity contribution in [2.75, 3.05) is 50.0 Å². The van der Waals surface area contributed by atoms with E-state index < -0.39 is 11.2 Å². The van der Waals surface area contributed by atoms with Crippen molar-refractivity contribution < 1.29 is 14.3 Å². The molecule has 0 saturated carbocycles. The summed E-state index contributed by atoms with van der Waals surface area (Å²) in [5.74, 6) is 0.365. The average Bonchev–Trinajstić information content (AvgIpc) is 3.28. The fourth-order valence-electron chi connectivity index (χ4n) is 4.37. The van der Waals surface area contributed by atoms with E-state index in [4.69, 9.17) is 15.2 Å². The second-order valence-corrected chi connectivity index (χ2v) is 9.12. The van der Waals surface area contributed by atoms with Crippen LogP contribution < -0.4 is 21.9 Å². The lowest BCUT2D eigenvalue weighted by Gasteiger charge is -2.34. The van der Waals surface area contributed by atoms with E-state index in [1.54, 1.807) is 0 Å². The fourth-order valence-corrected chi connectivity index (χ4v) is 4.37. The van der Waals surface area contributed by atoms with Crippen molar-refractivity contribution in [2.45, 2.75) is 59.3 Å². The van der Waals surface area contributed by atoms with Crippen LogP contribution in [0.3, 0.4) is 0 Å². The fraction of sp³-hybridized carbons (Fsp3) is 0.773. The van der Waals surface area contributed by atoms with Gasteiger partial charge in [0.25, 0.3) is 5.56 Å². The van der Waals surface area contributed by atoms with Crippen molar-refractivity contribution in [3.63, 3.8) is 0 Å². The Morgan fingerprint density at radius 1 is 1.22 bits per heavy atom.